The molecule has 0 aromatic heterocycles. The fourth-order valence-corrected chi connectivity index (χ4v) is 5.27. The lowest BCUT2D eigenvalue weighted by molar-refractivity contribution is -0.0634. The summed E-state index contributed by atoms with van der Waals surface area (Å²) < 4.78 is 0. The van der Waals surface area contributed by atoms with Gasteiger partial charge in [-0.05, 0) is 50.9 Å². The van der Waals surface area contributed by atoms with Gasteiger partial charge in [-0.25, -0.2) is 0 Å². The Balaban J connectivity index is 1.52. The van der Waals surface area contributed by atoms with Gasteiger partial charge in [0.15, 0.2) is 12.0 Å². The summed E-state index contributed by atoms with van der Waals surface area (Å²) >= 11 is 0. The number of hydrazone groups is 1. The summed E-state index contributed by atoms with van der Waals surface area (Å²) in [6, 6.07) is 9.26. The van der Waals surface area contributed by atoms with Gasteiger partial charge in [0.2, 0.25) is 0 Å². The van der Waals surface area contributed by atoms with Crippen LogP contribution in [0.15, 0.2) is 35.4 Å². The lowest BCUT2D eigenvalue weighted by Gasteiger charge is -2.40. The summed E-state index contributed by atoms with van der Waals surface area (Å²) in [6.07, 6.45) is 4.44. The molecule has 128 valence electrons. The first-order valence-corrected chi connectivity index (χ1v) is 9.08. The quantitative estimate of drug-likeness (QED) is 0.864. The van der Waals surface area contributed by atoms with E-state index in [9.17, 15) is 9.90 Å². The molecule has 3 aliphatic rings. The highest BCUT2D eigenvalue weighted by Crippen LogP contribution is 2.57. The van der Waals surface area contributed by atoms with Crippen molar-refractivity contribution in [2.75, 3.05) is 6.54 Å². The lowest BCUT2D eigenvalue weighted by Crippen LogP contribution is -2.48. The molecule has 1 N–H and O–H groups in total. The number of ketones is 1. The molecule has 1 aromatic carbocycles. The number of carbonyl (C=O) groups is 1. The summed E-state index contributed by atoms with van der Waals surface area (Å²) in [5.74, 6) is 2.04. The number of nitrogens with zero attached hydrogens (tertiary/aromatic N) is 2. The molecular weight excluding hydrogens is 300 g/mol. The van der Waals surface area contributed by atoms with Gasteiger partial charge >= 0.3 is 0 Å². The van der Waals surface area contributed by atoms with Gasteiger partial charge in [0, 0.05) is 11.3 Å². The topological polar surface area (TPSA) is 52.9 Å². The Morgan fingerprint density at radius 1 is 1.29 bits per heavy atom. The van der Waals surface area contributed by atoms with E-state index in [1.165, 1.54) is 25.7 Å². The van der Waals surface area contributed by atoms with Gasteiger partial charge in [-0.15, -0.1) is 0 Å². The molecule has 24 heavy (non-hydrogen) atoms. The summed E-state index contributed by atoms with van der Waals surface area (Å²) in [7, 11) is 0. The van der Waals surface area contributed by atoms with Crippen LogP contribution >= 0.6 is 0 Å². The lowest BCUT2D eigenvalue weighted by atomic mass is 9.66. The zero-order valence-corrected chi connectivity index (χ0v) is 14.5. The van der Waals surface area contributed by atoms with Gasteiger partial charge in [0.25, 0.3) is 0 Å². The molecule has 2 bridgehead atoms. The predicted octanol–water partition coefficient (Wildman–Crippen LogP) is 3.32. The van der Waals surface area contributed by atoms with E-state index in [-0.39, 0.29) is 17.7 Å². The van der Waals surface area contributed by atoms with Gasteiger partial charge in [-0.1, -0.05) is 36.8 Å². The Bertz CT molecular complexity index is 671. The van der Waals surface area contributed by atoms with Crippen LogP contribution < -0.4 is 0 Å². The summed E-state index contributed by atoms with van der Waals surface area (Å²) in [5, 5.41) is 17.2. The van der Waals surface area contributed by atoms with E-state index in [0.717, 1.165) is 11.6 Å². The van der Waals surface area contributed by atoms with Crippen molar-refractivity contribution in [2.24, 2.45) is 28.3 Å². The van der Waals surface area contributed by atoms with Crippen molar-refractivity contribution in [3.8, 4) is 0 Å². The number of rotatable bonds is 4. The first kappa shape index (κ1) is 15.8. The number of aliphatic hydroxyl groups excluding tert-OH is 1. The number of carbonyl (C=O) groups excluding carboxylic acids is 1. The summed E-state index contributed by atoms with van der Waals surface area (Å²) in [4.78, 5) is 12.5. The maximum atomic E-state index is 12.5. The van der Waals surface area contributed by atoms with Crippen molar-refractivity contribution in [2.45, 2.75) is 45.8 Å². The average molecular weight is 326 g/mol. The van der Waals surface area contributed by atoms with E-state index in [1.807, 2.05) is 37.3 Å². The maximum Gasteiger partial charge on any atom is 0.183 e. The molecule has 1 aromatic rings. The number of aliphatic hydroxyl groups is 1. The van der Waals surface area contributed by atoms with Gasteiger partial charge in [0.05, 0.1) is 5.41 Å². The Kier molecular flexibility index (Phi) is 3.75. The van der Waals surface area contributed by atoms with E-state index < -0.39 is 6.23 Å². The SMILES string of the molecule is CC1=NN(CC(=O)c2ccccc2)C(O)C1(C)[C@@H]1C[C@H]2CC[C@@H]1C2. The minimum Gasteiger partial charge on any atom is -0.371 e. The van der Waals surface area contributed by atoms with Crippen LogP contribution in [0.2, 0.25) is 0 Å². The highest BCUT2D eigenvalue weighted by molar-refractivity contribution is 5.98. The molecule has 2 fully saturated rings. The molecule has 0 radical (unpaired) electrons. The second-order valence-corrected chi connectivity index (χ2v) is 8.01. The van der Waals surface area contributed by atoms with Crippen LogP contribution in [-0.4, -0.2) is 34.4 Å². The smallest absolute Gasteiger partial charge is 0.183 e. The molecule has 5 atom stereocenters. The summed E-state index contributed by atoms with van der Waals surface area (Å²) in [5.41, 5.74) is 1.33. The number of hydrogen-bond donors (Lipinski definition) is 1. The van der Waals surface area contributed by atoms with Crippen LogP contribution in [0.25, 0.3) is 0 Å². The molecular formula is C20H26N2O2. The Morgan fingerprint density at radius 3 is 2.67 bits per heavy atom. The van der Waals surface area contributed by atoms with Crippen molar-refractivity contribution in [1.82, 2.24) is 5.01 Å². The van der Waals surface area contributed by atoms with Gasteiger partial charge in [-0.2, -0.15) is 5.10 Å². The number of Topliss-reactive ketones (excluding diaryl/α,β-unsaturated/α-hetero) is 1. The monoisotopic (exact) mass is 326 g/mol. The molecule has 1 heterocycles. The zero-order valence-electron chi connectivity index (χ0n) is 14.5. The molecule has 4 heteroatoms. The summed E-state index contributed by atoms with van der Waals surface area (Å²) in [6.45, 7) is 4.30. The fourth-order valence-electron chi connectivity index (χ4n) is 5.27. The van der Waals surface area contributed by atoms with Crippen molar-refractivity contribution in [3.63, 3.8) is 0 Å². The molecule has 2 unspecified atom stereocenters. The number of fused-ring (bicyclic) bond motifs is 2. The highest BCUT2D eigenvalue weighted by atomic mass is 16.3. The van der Waals surface area contributed by atoms with Gasteiger partial charge in [-0.3, -0.25) is 9.80 Å². The molecule has 1 aliphatic heterocycles. The second kappa shape index (κ2) is 5.69. The Morgan fingerprint density at radius 2 is 2.04 bits per heavy atom. The second-order valence-electron chi connectivity index (χ2n) is 8.01. The number of hydrogen-bond acceptors (Lipinski definition) is 4. The minimum atomic E-state index is -0.700. The van der Waals surface area contributed by atoms with Crippen LogP contribution in [0.1, 0.15) is 49.9 Å². The average Bonchev–Trinajstić information content (AvgIpc) is 3.28. The Labute approximate surface area is 143 Å². The van der Waals surface area contributed by atoms with Crippen LogP contribution in [0.3, 0.4) is 0 Å². The molecule has 2 saturated carbocycles. The normalized spacial score (nSPS) is 37.8. The molecule has 4 nitrogen and oxygen atoms in total. The standard InChI is InChI=1S/C20H26N2O2/c1-13-20(2,17-11-14-8-9-16(17)10-14)19(24)22(21-13)12-18(23)15-6-4-3-5-7-15/h3-7,14,16-17,19,24H,8-12H2,1-2H3/t14-,16+,17+,19?,20?/m0/s1. The first-order chi connectivity index (χ1) is 11.5. The third-order valence-corrected chi connectivity index (χ3v) is 6.79. The highest BCUT2D eigenvalue weighted by Gasteiger charge is 2.56. The predicted molar refractivity (Wildman–Crippen MR) is 93.6 cm³/mol. The van der Waals surface area contributed by atoms with E-state index in [1.54, 1.807) is 5.01 Å². The van der Waals surface area contributed by atoms with Crippen LogP contribution in [0, 0.1) is 23.2 Å². The fraction of sp³-hybridized carbons (Fsp3) is 0.600. The molecule has 0 spiro atoms. The largest absolute Gasteiger partial charge is 0.371 e. The third-order valence-electron chi connectivity index (χ3n) is 6.79. The zero-order chi connectivity index (χ0) is 16.9. The molecule has 2 aliphatic carbocycles. The van der Waals surface area contributed by atoms with E-state index in [4.69, 9.17) is 0 Å². The molecule has 0 saturated heterocycles. The third kappa shape index (κ3) is 2.31. The number of benzene rings is 1. The van der Waals surface area contributed by atoms with Crippen molar-refractivity contribution < 1.29 is 9.90 Å². The molecule has 4 rings (SSSR count). The van der Waals surface area contributed by atoms with Crippen LogP contribution in [-0.2, 0) is 0 Å². The molecule has 0 amide bonds. The first-order valence-electron chi connectivity index (χ1n) is 9.08. The Hall–Kier alpha value is -1.68. The van der Waals surface area contributed by atoms with Crippen LogP contribution in [0.4, 0.5) is 0 Å². The van der Waals surface area contributed by atoms with Crippen molar-refractivity contribution >= 4 is 11.5 Å². The van der Waals surface area contributed by atoms with Crippen molar-refractivity contribution in [3.05, 3.63) is 35.9 Å². The van der Waals surface area contributed by atoms with E-state index in [0.29, 0.717) is 17.4 Å². The van der Waals surface area contributed by atoms with Crippen molar-refractivity contribution in [1.29, 1.82) is 0 Å². The maximum absolute atomic E-state index is 12.5. The van der Waals surface area contributed by atoms with Gasteiger partial charge in [0.1, 0.15) is 6.54 Å². The van der Waals surface area contributed by atoms with E-state index in [2.05, 4.69) is 12.0 Å². The van der Waals surface area contributed by atoms with Gasteiger partial charge < -0.3 is 5.11 Å². The van der Waals surface area contributed by atoms with E-state index >= 15 is 0 Å². The van der Waals surface area contributed by atoms with Crippen LogP contribution in [0.5, 0.6) is 0 Å². The minimum absolute atomic E-state index is 0.00314.